The first-order valence-corrected chi connectivity index (χ1v) is 8.46. The van der Waals surface area contributed by atoms with Crippen LogP contribution in [-0.4, -0.2) is 20.4 Å². The fraction of sp³-hybridized carbons (Fsp3) is 0.308. The van der Waals surface area contributed by atoms with Crippen molar-refractivity contribution in [2.45, 2.75) is 25.0 Å². The number of thiophene rings is 1. The largest absolute Gasteiger partial charge is 0.316 e. The van der Waals surface area contributed by atoms with Crippen molar-refractivity contribution < 1.29 is 8.42 Å². The maximum atomic E-state index is 12.1. The molecule has 7 heteroatoms. The summed E-state index contributed by atoms with van der Waals surface area (Å²) in [5.74, 6) is 0. The minimum atomic E-state index is -3.56. The second kappa shape index (κ2) is 6.45. The Kier molecular flexibility index (Phi) is 4.87. The van der Waals surface area contributed by atoms with E-state index < -0.39 is 10.0 Å². The first-order chi connectivity index (χ1) is 9.51. The fourth-order valence-corrected chi connectivity index (χ4v) is 3.55. The van der Waals surface area contributed by atoms with E-state index in [1.807, 2.05) is 26.1 Å². The standard InChI is InChI=1S/C13H17N3O2S2/c1-10-3-5-12(19-10)9-16-20(17,18)13-6-4-11(7-14-2)8-15-13/h3-6,8,14,16H,7,9H2,1-2H3. The average Bonchev–Trinajstić information content (AvgIpc) is 2.84. The van der Waals surface area contributed by atoms with Gasteiger partial charge in [0.15, 0.2) is 5.03 Å². The Morgan fingerprint density at radius 1 is 1.20 bits per heavy atom. The summed E-state index contributed by atoms with van der Waals surface area (Å²) in [5, 5.41) is 3.03. The second-order valence-corrected chi connectivity index (χ2v) is 7.46. The van der Waals surface area contributed by atoms with Crippen LogP contribution in [0, 0.1) is 6.92 Å². The fourth-order valence-electron chi connectivity index (χ4n) is 1.70. The molecule has 108 valence electrons. The molecule has 0 unspecified atom stereocenters. The molecule has 2 rings (SSSR count). The number of aryl methyl sites for hydroxylation is 1. The maximum Gasteiger partial charge on any atom is 0.258 e. The Morgan fingerprint density at radius 2 is 2.00 bits per heavy atom. The van der Waals surface area contributed by atoms with Crippen LogP contribution in [0.1, 0.15) is 15.3 Å². The Morgan fingerprint density at radius 3 is 2.55 bits per heavy atom. The lowest BCUT2D eigenvalue weighted by atomic mass is 10.3. The van der Waals surface area contributed by atoms with Crippen LogP contribution in [0.4, 0.5) is 0 Å². The number of nitrogens with zero attached hydrogens (tertiary/aromatic N) is 1. The van der Waals surface area contributed by atoms with Crippen molar-refractivity contribution >= 4 is 21.4 Å². The van der Waals surface area contributed by atoms with E-state index in [-0.39, 0.29) is 5.03 Å². The molecule has 0 aromatic carbocycles. The lowest BCUT2D eigenvalue weighted by Gasteiger charge is -2.06. The minimum absolute atomic E-state index is 0.0469. The van der Waals surface area contributed by atoms with Crippen LogP contribution in [0.3, 0.4) is 0 Å². The van der Waals surface area contributed by atoms with Gasteiger partial charge in [0.25, 0.3) is 10.0 Å². The number of sulfonamides is 1. The van der Waals surface area contributed by atoms with Crippen molar-refractivity contribution in [3.05, 3.63) is 45.8 Å². The highest BCUT2D eigenvalue weighted by molar-refractivity contribution is 7.89. The number of hydrogen-bond donors (Lipinski definition) is 2. The van der Waals surface area contributed by atoms with E-state index in [1.165, 1.54) is 6.07 Å². The highest BCUT2D eigenvalue weighted by Gasteiger charge is 2.15. The van der Waals surface area contributed by atoms with Crippen molar-refractivity contribution in [1.82, 2.24) is 15.0 Å². The van der Waals surface area contributed by atoms with Crippen LogP contribution >= 0.6 is 11.3 Å². The third-order valence-corrected chi connectivity index (χ3v) is 5.00. The molecule has 0 amide bonds. The van der Waals surface area contributed by atoms with Crippen LogP contribution in [0.25, 0.3) is 0 Å². The van der Waals surface area contributed by atoms with Gasteiger partial charge in [-0.25, -0.2) is 18.1 Å². The topological polar surface area (TPSA) is 71.1 Å². The second-order valence-electron chi connectivity index (χ2n) is 4.37. The van der Waals surface area contributed by atoms with Crippen molar-refractivity contribution in [1.29, 1.82) is 0 Å². The zero-order valence-electron chi connectivity index (χ0n) is 11.4. The van der Waals surface area contributed by atoms with Crippen LogP contribution in [-0.2, 0) is 23.1 Å². The SMILES string of the molecule is CNCc1ccc(S(=O)(=O)NCc2ccc(C)s2)nc1. The van der Waals surface area contributed by atoms with Gasteiger partial charge in [-0.2, -0.15) is 0 Å². The molecule has 0 aliphatic rings. The highest BCUT2D eigenvalue weighted by Crippen LogP contribution is 2.15. The molecule has 0 aliphatic heterocycles. The molecule has 0 atom stereocenters. The molecule has 0 bridgehead atoms. The van der Waals surface area contributed by atoms with Gasteiger partial charge in [0.2, 0.25) is 0 Å². The van der Waals surface area contributed by atoms with Crippen LogP contribution in [0.5, 0.6) is 0 Å². The Hall–Kier alpha value is -1.28. The van der Waals surface area contributed by atoms with Gasteiger partial charge < -0.3 is 5.32 Å². The smallest absolute Gasteiger partial charge is 0.258 e. The third kappa shape index (κ3) is 3.86. The third-order valence-electron chi connectivity index (χ3n) is 2.69. The summed E-state index contributed by atoms with van der Waals surface area (Å²) in [6.07, 6.45) is 1.57. The van der Waals surface area contributed by atoms with Crippen molar-refractivity contribution in [2.75, 3.05) is 7.05 Å². The molecular weight excluding hydrogens is 294 g/mol. The van der Waals surface area contributed by atoms with Gasteiger partial charge in [0.1, 0.15) is 0 Å². The Bertz CT molecular complexity index is 663. The molecule has 0 aliphatic carbocycles. The zero-order chi connectivity index (χ0) is 14.6. The Labute approximate surface area is 123 Å². The number of pyridine rings is 1. The van der Waals surface area contributed by atoms with E-state index in [1.54, 1.807) is 23.6 Å². The number of rotatable bonds is 6. The van der Waals surface area contributed by atoms with E-state index in [2.05, 4.69) is 15.0 Å². The summed E-state index contributed by atoms with van der Waals surface area (Å²) in [6, 6.07) is 7.17. The average molecular weight is 311 g/mol. The van der Waals surface area contributed by atoms with Gasteiger partial charge in [-0.15, -0.1) is 11.3 Å². The molecule has 0 radical (unpaired) electrons. The minimum Gasteiger partial charge on any atom is -0.316 e. The van der Waals surface area contributed by atoms with E-state index in [4.69, 9.17) is 0 Å². The van der Waals surface area contributed by atoms with Gasteiger partial charge in [0.05, 0.1) is 0 Å². The van der Waals surface area contributed by atoms with Crippen LogP contribution in [0.2, 0.25) is 0 Å². The molecule has 0 fully saturated rings. The maximum absolute atomic E-state index is 12.1. The van der Waals surface area contributed by atoms with E-state index in [0.717, 1.165) is 15.3 Å². The van der Waals surface area contributed by atoms with Crippen LogP contribution in [0.15, 0.2) is 35.5 Å². The summed E-state index contributed by atoms with van der Waals surface area (Å²) in [7, 11) is -1.73. The summed E-state index contributed by atoms with van der Waals surface area (Å²) in [4.78, 5) is 6.14. The van der Waals surface area contributed by atoms with E-state index >= 15 is 0 Å². The summed E-state index contributed by atoms with van der Waals surface area (Å²) < 4.78 is 26.8. The molecule has 2 aromatic heterocycles. The Balaban J connectivity index is 2.05. The van der Waals surface area contributed by atoms with E-state index in [0.29, 0.717) is 13.1 Å². The van der Waals surface area contributed by atoms with Gasteiger partial charge in [0, 0.05) is 29.0 Å². The lowest BCUT2D eigenvalue weighted by Crippen LogP contribution is -2.23. The molecule has 2 aromatic rings. The van der Waals surface area contributed by atoms with Gasteiger partial charge in [-0.3, -0.25) is 0 Å². The summed E-state index contributed by atoms with van der Waals surface area (Å²) in [5.41, 5.74) is 0.945. The normalized spacial score (nSPS) is 11.7. The van der Waals surface area contributed by atoms with Gasteiger partial charge in [-0.1, -0.05) is 6.07 Å². The molecule has 2 N–H and O–H groups in total. The highest BCUT2D eigenvalue weighted by atomic mass is 32.2. The lowest BCUT2D eigenvalue weighted by molar-refractivity contribution is 0.577. The van der Waals surface area contributed by atoms with Crippen molar-refractivity contribution in [3.63, 3.8) is 0 Å². The molecular formula is C13H17N3O2S2. The number of nitrogens with one attached hydrogen (secondary N) is 2. The quantitative estimate of drug-likeness (QED) is 0.851. The predicted octanol–water partition coefficient (Wildman–Crippen LogP) is 1.65. The van der Waals surface area contributed by atoms with Crippen LogP contribution < -0.4 is 10.0 Å². The van der Waals surface area contributed by atoms with E-state index in [9.17, 15) is 8.42 Å². The molecule has 0 saturated heterocycles. The number of aromatic nitrogens is 1. The monoisotopic (exact) mass is 311 g/mol. The van der Waals surface area contributed by atoms with Crippen molar-refractivity contribution in [3.8, 4) is 0 Å². The molecule has 20 heavy (non-hydrogen) atoms. The van der Waals surface area contributed by atoms with Crippen molar-refractivity contribution in [2.24, 2.45) is 0 Å². The summed E-state index contributed by atoms with van der Waals surface area (Å²) >= 11 is 1.58. The molecule has 2 heterocycles. The first kappa shape index (κ1) is 15.1. The molecule has 5 nitrogen and oxygen atoms in total. The van der Waals surface area contributed by atoms with Gasteiger partial charge >= 0.3 is 0 Å². The molecule has 0 saturated carbocycles. The number of hydrogen-bond acceptors (Lipinski definition) is 5. The first-order valence-electron chi connectivity index (χ1n) is 6.16. The zero-order valence-corrected chi connectivity index (χ0v) is 13.0. The van der Waals surface area contributed by atoms with Gasteiger partial charge in [-0.05, 0) is 37.7 Å². The molecule has 0 spiro atoms. The summed E-state index contributed by atoms with van der Waals surface area (Å²) in [6.45, 7) is 2.95. The predicted molar refractivity (Wildman–Crippen MR) is 80.1 cm³/mol.